The molecule has 0 saturated heterocycles. The van der Waals surface area contributed by atoms with Crippen LogP contribution in [-0.2, 0) is 5.41 Å². The molecule has 1 aliphatic carbocycles. The van der Waals surface area contributed by atoms with E-state index < -0.39 is 0 Å². The molecule has 0 amide bonds. The second-order valence-corrected chi connectivity index (χ2v) is 18.7. The average Bonchev–Trinajstić information content (AvgIpc) is 4.00. The van der Waals surface area contributed by atoms with Gasteiger partial charge < -0.3 is 9.32 Å². The number of anilines is 3. The van der Waals surface area contributed by atoms with Crippen molar-refractivity contribution in [2.75, 3.05) is 4.90 Å². The van der Waals surface area contributed by atoms with Crippen molar-refractivity contribution >= 4 is 81.3 Å². The molecule has 2 heterocycles. The zero-order valence-electron chi connectivity index (χ0n) is 35.5. The van der Waals surface area contributed by atoms with Crippen LogP contribution in [0.1, 0.15) is 25.0 Å². The lowest BCUT2D eigenvalue weighted by atomic mass is 9.79. The predicted octanol–water partition coefficient (Wildman–Crippen LogP) is 17.9. The van der Waals surface area contributed by atoms with Gasteiger partial charge in [0.15, 0.2) is 0 Å². The van der Waals surface area contributed by atoms with E-state index in [4.69, 9.17) is 4.42 Å². The van der Waals surface area contributed by atoms with Gasteiger partial charge in [0, 0.05) is 58.8 Å². The van der Waals surface area contributed by atoms with Gasteiger partial charge in [-0.05, 0) is 116 Å². The molecule has 10 aromatic carbocycles. The predicted molar refractivity (Wildman–Crippen MR) is 273 cm³/mol. The lowest BCUT2D eigenvalue weighted by Crippen LogP contribution is -2.16. The van der Waals surface area contributed by atoms with Gasteiger partial charge in [-0.1, -0.05) is 172 Å². The van der Waals surface area contributed by atoms with Gasteiger partial charge in [0.1, 0.15) is 11.2 Å². The van der Waals surface area contributed by atoms with Crippen molar-refractivity contribution in [1.29, 1.82) is 0 Å². The van der Waals surface area contributed by atoms with Gasteiger partial charge in [-0.2, -0.15) is 0 Å². The van der Waals surface area contributed by atoms with Crippen LogP contribution in [-0.4, -0.2) is 0 Å². The van der Waals surface area contributed by atoms with E-state index in [1.807, 2.05) is 11.3 Å². The van der Waals surface area contributed by atoms with Gasteiger partial charge in [-0.15, -0.1) is 11.3 Å². The number of hydrogen-bond acceptors (Lipinski definition) is 3. The number of thiophene rings is 1. The monoisotopic (exact) mass is 835 g/mol. The second-order valence-electron chi connectivity index (χ2n) is 17.6. The van der Waals surface area contributed by atoms with Crippen LogP contribution in [0.25, 0.3) is 97.4 Å². The summed E-state index contributed by atoms with van der Waals surface area (Å²) in [5.41, 5.74) is 17.8. The SMILES string of the molecule is CC1(C)c2ccccc2-c2cccc(-c3ccc(N(c4ccc(-c5cccc6c5sc5ccccc56)cc4)c4ccc(-c5cccc6oc7c8ccccc8ccc7c56)cc4)cc3)c21. The van der Waals surface area contributed by atoms with Gasteiger partial charge in [-0.3, -0.25) is 0 Å². The minimum Gasteiger partial charge on any atom is -0.455 e. The van der Waals surface area contributed by atoms with Crippen molar-refractivity contribution in [3.63, 3.8) is 0 Å². The lowest BCUT2D eigenvalue weighted by molar-refractivity contribution is 0.662. The average molecular weight is 836 g/mol. The molecular formula is C61H41NOS. The third kappa shape index (κ3) is 5.57. The van der Waals surface area contributed by atoms with Crippen LogP contribution in [0.3, 0.4) is 0 Å². The summed E-state index contributed by atoms with van der Waals surface area (Å²) in [6.07, 6.45) is 0. The molecule has 0 N–H and O–H groups in total. The van der Waals surface area contributed by atoms with Crippen molar-refractivity contribution in [2.24, 2.45) is 0 Å². The Morgan fingerprint density at radius 2 is 0.953 bits per heavy atom. The third-order valence-electron chi connectivity index (χ3n) is 13.7. The van der Waals surface area contributed by atoms with Crippen LogP contribution >= 0.6 is 11.3 Å². The first-order valence-electron chi connectivity index (χ1n) is 22.1. The van der Waals surface area contributed by atoms with Crippen LogP contribution in [0, 0.1) is 0 Å². The number of nitrogens with zero attached hydrogens (tertiary/aromatic N) is 1. The standard InChI is InChI=1S/C61H41NOS/c1-61(2)54-21-7-5-14-49(54)51-19-9-17-46(58(51)61)40-26-33-43(34-27-40)62(44-35-28-41(29-36-44)48-18-10-20-52-50-15-6-8-23-56(50)64-60(48)52)42-31-24-39(25-32-42)45-16-11-22-55-57(45)53-37-30-38-12-3-4-13-47(38)59(53)63-55/h3-37H,1-2H3. The van der Waals surface area contributed by atoms with E-state index in [9.17, 15) is 0 Å². The van der Waals surface area contributed by atoms with E-state index in [2.05, 4.69) is 231 Å². The highest BCUT2D eigenvalue weighted by molar-refractivity contribution is 7.26. The van der Waals surface area contributed by atoms with Crippen molar-refractivity contribution in [3.8, 4) is 44.5 Å². The Labute approximate surface area is 375 Å². The fourth-order valence-corrected chi connectivity index (χ4v) is 11.9. The molecule has 0 fully saturated rings. The summed E-state index contributed by atoms with van der Waals surface area (Å²) < 4.78 is 9.22. The summed E-state index contributed by atoms with van der Waals surface area (Å²) in [6.45, 7) is 4.73. The van der Waals surface area contributed by atoms with Gasteiger partial charge in [-0.25, -0.2) is 0 Å². The molecule has 0 spiro atoms. The Kier molecular flexibility index (Phi) is 8.16. The maximum Gasteiger partial charge on any atom is 0.143 e. The van der Waals surface area contributed by atoms with Gasteiger partial charge >= 0.3 is 0 Å². The topological polar surface area (TPSA) is 16.4 Å². The van der Waals surface area contributed by atoms with Gasteiger partial charge in [0.25, 0.3) is 0 Å². The maximum absolute atomic E-state index is 6.57. The van der Waals surface area contributed by atoms with E-state index >= 15 is 0 Å². The Balaban J connectivity index is 0.917. The quantitative estimate of drug-likeness (QED) is 0.166. The van der Waals surface area contributed by atoms with Crippen LogP contribution < -0.4 is 4.90 Å². The summed E-state index contributed by atoms with van der Waals surface area (Å²) in [7, 11) is 0. The highest BCUT2D eigenvalue weighted by Crippen LogP contribution is 2.52. The smallest absolute Gasteiger partial charge is 0.143 e. The molecule has 0 radical (unpaired) electrons. The van der Waals surface area contributed by atoms with Gasteiger partial charge in [0.05, 0.1) is 0 Å². The lowest BCUT2D eigenvalue weighted by Gasteiger charge is -2.27. The van der Waals surface area contributed by atoms with Crippen LogP contribution in [0.15, 0.2) is 217 Å². The summed E-state index contributed by atoms with van der Waals surface area (Å²) in [6, 6.07) is 77.7. The van der Waals surface area contributed by atoms with Crippen molar-refractivity contribution < 1.29 is 4.42 Å². The molecule has 2 aromatic heterocycles. The maximum atomic E-state index is 6.57. The fourth-order valence-electron chi connectivity index (χ4n) is 10.7. The summed E-state index contributed by atoms with van der Waals surface area (Å²) in [5, 5.41) is 7.23. The Morgan fingerprint density at radius 1 is 0.406 bits per heavy atom. The van der Waals surface area contributed by atoms with Crippen molar-refractivity contribution in [3.05, 3.63) is 223 Å². The van der Waals surface area contributed by atoms with Crippen LogP contribution in [0.2, 0.25) is 0 Å². The minimum absolute atomic E-state index is 0.0995. The molecule has 3 heteroatoms. The normalized spacial score (nSPS) is 13.0. The molecule has 302 valence electrons. The first kappa shape index (κ1) is 36.9. The molecule has 13 rings (SSSR count). The third-order valence-corrected chi connectivity index (χ3v) is 14.9. The van der Waals surface area contributed by atoms with Crippen molar-refractivity contribution in [2.45, 2.75) is 19.3 Å². The summed E-state index contributed by atoms with van der Waals surface area (Å²) in [4.78, 5) is 2.38. The fraction of sp³-hybridized carbons (Fsp3) is 0.0492. The molecule has 0 saturated carbocycles. The largest absolute Gasteiger partial charge is 0.455 e. The zero-order valence-corrected chi connectivity index (χ0v) is 36.3. The Hall–Kier alpha value is -7.72. The summed E-state index contributed by atoms with van der Waals surface area (Å²) >= 11 is 1.88. The number of hydrogen-bond donors (Lipinski definition) is 0. The van der Waals surface area contributed by atoms with Crippen LogP contribution in [0.5, 0.6) is 0 Å². The van der Waals surface area contributed by atoms with E-state index in [0.29, 0.717) is 0 Å². The molecule has 0 aliphatic heterocycles. The zero-order chi connectivity index (χ0) is 42.5. The molecule has 1 aliphatic rings. The number of benzene rings is 10. The number of furan rings is 1. The second kappa shape index (κ2) is 14.2. The highest BCUT2D eigenvalue weighted by Gasteiger charge is 2.37. The Morgan fingerprint density at radius 3 is 1.72 bits per heavy atom. The highest BCUT2D eigenvalue weighted by atomic mass is 32.1. The van der Waals surface area contributed by atoms with E-state index in [0.717, 1.165) is 55.5 Å². The number of fused-ring (bicyclic) bond motifs is 11. The molecule has 0 atom stereocenters. The Bertz CT molecular complexity index is 3800. The molecule has 2 nitrogen and oxygen atoms in total. The minimum atomic E-state index is -0.0995. The van der Waals surface area contributed by atoms with Crippen molar-refractivity contribution in [1.82, 2.24) is 0 Å². The van der Waals surface area contributed by atoms with E-state index in [1.54, 1.807) is 0 Å². The molecule has 12 aromatic rings. The first-order valence-corrected chi connectivity index (χ1v) is 22.9. The molecule has 0 unspecified atom stereocenters. The molecule has 0 bridgehead atoms. The van der Waals surface area contributed by atoms with E-state index in [-0.39, 0.29) is 5.41 Å². The summed E-state index contributed by atoms with van der Waals surface area (Å²) in [5.74, 6) is 0. The van der Waals surface area contributed by atoms with Gasteiger partial charge in [0.2, 0.25) is 0 Å². The number of rotatable bonds is 6. The van der Waals surface area contributed by atoms with Crippen LogP contribution in [0.4, 0.5) is 17.1 Å². The molecular weight excluding hydrogens is 795 g/mol. The molecule has 64 heavy (non-hydrogen) atoms. The van der Waals surface area contributed by atoms with E-state index in [1.165, 1.54) is 70.1 Å². The first-order chi connectivity index (χ1) is 31.5.